The molecule has 0 aliphatic heterocycles. The first kappa shape index (κ1) is 14.7. The SMILES string of the molecule is CN(C)c1ccc(C(=O)Nc2cnc(-n3cccn3)nc2)cc1. The molecule has 0 radical (unpaired) electrons. The van der Waals surface area contributed by atoms with Crippen LogP contribution in [0, 0.1) is 0 Å². The van der Waals surface area contributed by atoms with Gasteiger partial charge in [0.1, 0.15) is 0 Å². The minimum Gasteiger partial charge on any atom is -0.378 e. The Labute approximate surface area is 133 Å². The molecule has 0 spiro atoms. The van der Waals surface area contributed by atoms with Crippen LogP contribution in [0.25, 0.3) is 5.95 Å². The lowest BCUT2D eigenvalue weighted by atomic mass is 10.2. The van der Waals surface area contributed by atoms with E-state index in [4.69, 9.17) is 0 Å². The Hall–Kier alpha value is -3.22. The summed E-state index contributed by atoms with van der Waals surface area (Å²) in [6.07, 6.45) is 6.50. The Kier molecular flexibility index (Phi) is 4.01. The van der Waals surface area contributed by atoms with Gasteiger partial charge in [-0.2, -0.15) is 5.10 Å². The van der Waals surface area contributed by atoms with Crippen molar-refractivity contribution in [3.63, 3.8) is 0 Å². The number of carbonyl (C=O) groups is 1. The summed E-state index contributed by atoms with van der Waals surface area (Å²) in [7, 11) is 3.90. The molecule has 23 heavy (non-hydrogen) atoms. The van der Waals surface area contributed by atoms with Gasteiger partial charge in [-0.1, -0.05) is 0 Å². The van der Waals surface area contributed by atoms with Gasteiger partial charge >= 0.3 is 0 Å². The lowest BCUT2D eigenvalue weighted by Crippen LogP contribution is -2.14. The van der Waals surface area contributed by atoms with E-state index >= 15 is 0 Å². The first-order valence-corrected chi connectivity index (χ1v) is 7.04. The normalized spacial score (nSPS) is 10.3. The highest BCUT2D eigenvalue weighted by molar-refractivity contribution is 6.04. The number of rotatable bonds is 4. The van der Waals surface area contributed by atoms with Crippen LogP contribution in [0.1, 0.15) is 10.4 Å². The molecule has 2 aromatic heterocycles. The second-order valence-electron chi connectivity index (χ2n) is 5.12. The Morgan fingerprint density at radius 2 is 1.83 bits per heavy atom. The highest BCUT2D eigenvalue weighted by atomic mass is 16.1. The number of hydrogen-bond acceptors (Lipinski definition) is 5. The third-order valence-electron chi connectivity index (χ3n) is 3.25. The number of anilines is 2. The number of aromatic nitrogens is 4. The topological polar surface area (TPSA) is 75.9 Å². The molecule has 1 aromatic carbocycles. The molecule has 1 N–H and O–H groups in total. The van der Waals surface area contributed by atoms with E-state index in [1.54, 1.807) is 47.7 Å². The van der Waals surface area contributed by atoms with Crippen LogP contribution in [0.4, 0.5) is 11.4 Å². The van der Waals surface area contributed by atoms with Crippen molar-refractivity contribution in [3.05, 3.63) is 60.7 Å². The first-order chi connectivity index (χ1) is 11.1. The van der Waals surface area contributed by atoms with E-state index in [0.29, 0.717) is 17.2 Å². The largest absolute Gasteiger partial charge is 0.378 e. The summed E-state index contributed by atoms with van der Waals surface area (Å²) in [5.74, 6) is 0.245. The van der Waals surface area contributed by atoms with Crippen molar-refractivity contribution in [2.75, 3.05) is 24.3 Å². The van der Waals surface area contributed by atoms with Crippen LogP contribution in [-0.4, -0.2) is 39.8 Å². The van der Waals surface area contributed by atoms with Crippen molar-refractivity contribution < 1.29 is 4.79 Å². The van der Waals surface area contributed by atoms with Crippen molar-refractivity contribution in [1.82, 2.24) is 19.7 Å². The maximum Gasteiger partial charge on any atom is 0.255 e. The monoisotopic (exact) mass is 308 g/mol. The molecular weight excluding hydrogens is 292 g/mol. The molecular formula is C16H16N6O. The van der Waals surface area contributed by atoms with Gasteiger partial charge in [-0.3, -0.25) is 4.79 Å². The van der Waals surface area contributed by atoms with E-state index in [2.05, 4.69) is 20.4 Å². The van der Waals surface area contributed by atoms with Crippen LogP contribution in [-0.2, 0) is 0 Å². The van der Waals surface area contributed by atoms with E-state index < -0.39 is 0 Å². The molecule has 0 atom stereocenters. The molecule has 7 heteroatoms. The fraction of sp³-hybridized carbons (Fsp3) is 0.125. The minimum atomic E-state index is -0.203. The van der Waals surface area contributed by atoms with Crippen LogP contribution in [0.3, 0.4) is 0 Å². The van der Waals surface area contributed by atoms with Gasteiger partial charge in [-0.15, -0.1) is 0 Å². The van der Waals surface area contributed by atoms with E-state index in [1.165, 1.54) is 0 Å². The van der Waals surface area contributed by atoms with Gasteiger partial charge in [0.25, 0.3) is 11.9 Å². The number of nitrogens with one attached hydrogen (secondary N) is 1. The van der Waals surface area contributed by atoms with Gasteiger partial charge in [0.15, 0.2) is 0 Å². The number of benzene rings is 1. The summed E-state index contributed by atoms with van der Waals surface area (Å²) in [5.41, 5.74) is 2.14. The predicted molar refractivity (Wildman–Crippen MR) is 87.9 cm³/mol. The Bertz CT molecular complexity index is 778. The van der Waals surface area contributed by atoms with Gasteiger partial charge < -0.3 is 10.2 Å². The molecule has 0 unspecified atom stereocenters. The van der Waals surface area contributed by atoms with Crippen molar-refractivity contribution in [2.24, 2.45) is 0 Å². The van der Waals surface area contributed by atoms with Crippen LogP contribution in [0.2, 0.25) is 0 Å². The summed E-state index contributed by atoms with van der Waals surface area (Å²) < 4.78 is 1.55. The van der Waals surface area contributed by atoms with Gasteiger partial charge in [0.2, 0.25) is 0 Å². The van der Waals surface area contributed by atoms with Crippen LogP contribution in [0.5, 0.6) is 0 Å². The van der Waals surface area contributed by atoms with Crippen LogP contribution >= 0.6 is 0 Å². The van der Waals surface area contributed by atoms with Gasteiger partial charge in [-0.05, 0) is 30.3 Å². The van der Waals surface area contributed by atoms with Crippen LogP contribution < -0.4 is 10.2 Å². The number of nitrogens with zero attached hydrogens (tertiary/aromatic N) is 5. The standard InChI is InChI=1S/C16H16N6O/c1-21(2)14-6-4-12(5-7-14)15(23)20-13-10-17-16(18-11-13)22-9-3-8-19-22/h3-11H,1-2H3,(H,20,23). The molecule has 7 nitrogen and oxygen atoms in total. The first-order valence-electron chi connectivity index (χ1n) is 7.04. The average Bonchev–Trinajstić information content (AvgIpc) is 3.10. The molecule has 0 saturated heterocycles. The van der Waals surface area contributed by atoms with Crippen molar-refractivity contribution in [2.45, 2.75) is 0 Å². The Balaban J connectivity index is 1.70. The predicted octanol–water partition coefficient (Wildman–Crippen LogP) is 1.98. The zero-order valence-electron chi connectivity index (χ0n) is 12.8. The lowest BCUT2D eigenvalue weighted by Gasteiger charge is -2.12. The quantitative estimate of drug-likeness (QED) is 0.797. The maximum atomic E-state index is 12.2. The molecule has 0 aliphatic rings. The molecule has 0 bridgehead atoms. The zero-order valence-corrected chi connectivity index (χ0v) is 12.8. The van der Waals surface area contributed by atoms with Crippen molar-refractivity contribution >= 4 is 17.3 Å². The van der Waals surface area contributed by atoms with E-state index in [-0.39, 0.29) is 5.91 Å². The molecule has 116 valence electrons. The van der Waals surface area contributed by atoms with E-state index in [1.807, 2.05) is 31.1 Å². The molecule has 0 aliphatic carbocycles. The molecule has 3 aromatic rings. The number of amides is 1. The summed E-state index contributed by atoms with van der Waals surface area (Å²) in [4.78, 5) is 22.5. The third-order valence-corrected chi connectivity index (χ3v) is 3.25. The molecule has 3 rings (SSSR count). The zero-order chi connectivity index (χ0) is 16.2. The second kappa shape index (κ2) is 6.27. The fourth-order valence-corrected chi connectivity index (χ4v) is 2.01. The minimum absolute atomic E-state index is 0.203. The smallest absolute Gasteiger partial charge is 0.255 e. The van der Waals surface area contributed by atoms with Crippen molar-refractivity contribution in [3.8, 4) is 5.95 Å². The van der Waals surface area contributed by atoms with Crippen molar-refractivity contribution in [1.29, 1.82) is 0 Å². The molecule has 0 fully saturated rings. The van der Waals surface area contributed by atoms with E-state index in [9.17, 15) is 4.79 Å². The van der Waals surface area contributed by atoms with Crippen LogP contribution in [0.15, 0.2) is 55.1 Å². The Morgan fingerprint density at radius 3 is 2.39 bits per heavy atom. The molecule has 1 amide bonds. The third kappa shape index (κ3) is 3.34. The Morgan fingerprint density at radius 1 is 1.13 bits per heavy atom. The molecule has 0 saturated carbocycles. The summed E-state index contributed by atoms with van der Waals surface area (Å²) in [5, 5.41) is 6.82. The summed E-state index contributed by atoms with van der Waals surface area (Å²) in [6.45, 7) is 0. The summed E-state index contributed by atoms with van der Waals surface area (Å²) in [6, 6.07) is 9.14. The summed E-state index contributed by atoms with van der Waals surface area (Å²) >= 11 is 0. The fourth-order valence-electron chi connectivity index (χ4n) is 2.01. The maximum absolute atomic E-state index is 12.2. The van der Waals surface area contributed by atoms with Gasteiger partial charge in [0.05, 0.1) is 18.1 Å². The van der Waals surface area contributed by atoms with Gasteiger partial charge in [0, 0.05) is 37.7 Å². The average molecular weight is 308 g/mol. The van der Waals surface area contributed by atoms with E-state index in [0.717, 1.165) is 5.69 Å². The number of hydrogen-bond donors (Lipinski definition) is 1. The number of carbonyl (C=O) groups excluding carboxylic acids is 1. The highest BCUT2D eigenvalue weighted by Crippen LogP contribution is 2.14. The molecule has 2 heterocycles. The highest BCUT2D eigenvalue weighted by Gasteiger charge is 2.08. The lowest BCUT2D eigenvalue weighted by molar-refractivity contribution is 0.102. The van der Waals surface area contributed by atoms with Gasteiger partial charge in [-0.25, -0.2) is 14.6 Å². The second-order valence-corrected chi connectivity index (χ2v) is 5.12.